The Balaban J connectivity index is 2.41. The van der Waals surface area contributed by atoms with Crippen molar-refractivity contribution in [2.24, 2.45) is 0 Å². The predicted octanol–water partition coefficient (Wildman–Crippen LogP) is 2.06. The summed E-state index contributed by atoms with van der Waals surface area (Å²) in [6.45, 7) is 0. The maximum Gasteiger partial charge on any atom is 0.250 e. The zero-order valence-corrected chi connectivity index (χ0v) is 7.60. The van der Waals surface area contributed by atoms with Crippen molar-refractivity contribution in [1.82, 2.24) is 4.98 Å². The SMILES string of the molecule is COc1cccc(-c2nc(O)co2)c1. The van der Waals surface area contributed by atoms with Crippen LogP contribution in [0.4, 0.5) is 0 Å². The predicted molar refractivity (Wildman–Crippen MR) is 50.2 cm³/mol. The lowest BCUT2D eigenvalue weighted by Gasteiger charge is -2.00. The summed E-state index contributed by atoms with van der Waals surface area (Å²) in [4.78, 5) is 3.79. The summed E-state index contributed by atoms with van der Waals surface area (Å²) >= 11 is 0. The number of nitrogens with zero attached hydrogens (tertiary/aromatic N) is 1. The maximum absolute atomic E-state index is 9.00. The van der Waals surface area contributed by atoms with Gasteiger partial charge in [0.1, 0.15) is 5.75 Å². The van der Waals surface area contributed by atoms with E-state index in [9.17, 15) is 0 Å². The van der Waals surface area contributed by atoms with E-state index in [1.54, 1.807) is 13.2 Å². The van der Waals surface area contributed by atoms with Crippen LogP contribution in [-0.2, 0) is 0 Å². The van der Waals surface area contributed by atoms with Crippen molar-refractivity contribution in [3.05, 3.63) is 30.5 Å². The number of methoxy groups -OCH3 is 1. The van der Waals surface area contributed by atoms with Crippen LogP contribution in [0.5, 0.6) is 11.6 Å². The molecule has 0 amide bonds. The third-order valence-corrected chi connectivity index (χ3v) is 1.81. The van der Waals surface area contributed by atoms with Gasteiger partial charge in [-0.2, -0.15) is 4.98 Å². The van der Waals surface area contributed by atoms with Gasteiger partial charge in [0.2, 0.25) is 5.89 Å². The van der Waals surface area contributed by atoms with Crippen LogP contribution in [0.1, 0.15) is 0 Å². The standard InChI is InChI=1S/C10H9NO3/c1-13-8-4-2-3-7(5-8)10-11-9(12)6-14-10/h2-6,12H,1H3. The zero-order valence-electron chi connectivity index (χ0n) is 7.60. The first-order valence-corrected chi connectivity index (χ1v) is 4.08. The Morgan fingerprint density at radius 3 is 2.93 bits per heavy atom. The molecule has 0 aliphatic heterocycles. The molecule has 0 radical (unpaired) electrons. The summed E-state index contributed by atoms with van der Waals surface area (Å²) in [5.41, 5.74) is 0.768. The second-order valence-electron chi connectivity index (χ2n) is 2.74. The van der Waals surface area contributed by atoms with Crippen LogP contribution in [0, 0.1) is 0 Å². The Morgan fingerprint density at radius 1 is 1.43 bits per heavy atom. The molecule has 1 aromatic carbocycles. The minimum absolute atomic E-state index is 0.122. The number of hydrogen-bond acceptors (Lipinski definition) is 4. The van der Waals surface area contributed by atoms with Gasteiger partial charge in [0.15, 0.2) is 6.26 Å². The summed E-state index contributed by atoms with van der Waals surface area (Å²) in [5, 5.41) is 9.00. The molecule has 72 valence electrons. The number of aromatic nitrogens is 1. The van der Waals surface area contributed by atoms with E-state index in [0.717, 1.165) is 11.3 Å². The lowest BCUT2D eigenvalue weighted by Crippen LogP contribution is -1.83. The van der Waals surface area contributed by atoms with E-state index in [1.165, 1.54) is 6.26 Å². The maximum atomic E-state index is 9.00. The Hall–Kier alpha value is -1.97. The van der Waals surface area contributed by atoms with Crippen LogP contribution in [0.25, 0.3) is 11.5 Å². The van der Waals surface area contributed by atoms with E-state index in [1.807, 2.05) is 18.2 Å². The van der Waals surface area contributed by atoms with Gasteiger partial charge >= 0.3 is 0 Å². The molecule has 0 saturated heterocycles. The van der Waals surface area contributed by atoms with Crippen molar-refractivity contribution in [1.29, 1.82) is 0 Å². The van der Waals surface area contributed by atoms with Crippen molar-refractivity contribution in [2.75, 3.05) is 7.11 Å². The molecule has 2 rings (SSSR count). The van der Waals surface area contributed by atoms with Crippen molar-refractivity contribution in [3.63, 3.8) is 0 Å². The molecule has 4 nitrogen and oxygen atoms in total. The molecule has 2 aromatic rings. The molecular weight excluding hydrogens is 182 g/mol. The van der Waals surface area contributed by atoms with Crippen LogP contribution >= 0.6 is 0 Å². The average Bonchev–Trinajstić information content (AvgIpc) is 2.65. The van der Waals surface area contributed by atoms with Gasteiger partial charge < -0.3 is 14.3 Å². The average molecular weight is 191 g/mol. The fraction of sp³-hybridized carbons (Fsp3) is 0.100. The summed E-state index contributed by atoms with van der Waals surface area (Å²) < 4.78 is 10.1. The van der Waals surface area contributed by atoms with Gasteiger partial charge in [0, 0.05) is 5.56 Å². The van der Waals surface area contributed by atoms with Gasteiger partial charge in [0.05, 0.1) is 7.11 Å². The highest BCUT2D eigenvalue weighted by Crippen LogP contribution is 2.24. The number of hydrogen-bond donors (Lipinski definition) is 1. The third-order valence-electron chi connectivity index (χ3n) is 1.81. The van der Waals surface area contributed by atoms with Crippen LogP contribution in [0.3, 0.4) is 0 Å². The lowest BCUT2D eigenvalue weighted by molar-refractivity contribution is 0.414. The van der Waals surface area contributed by atoms with E-state index in [-0.39, 0.29) is 5.88 Å². The summed E-state index contributed by atoms with van der Waals surface area (Å²) in [5.74, 6) is 0.976. The monoisotopic (exact) mass is 191 g/mol. The number of benzene rings is 1. The first-order valence-electron chi connectivity index (χ1n) is 4.08. The molecular formula is C10H9NO3. The largest absolute Gasteiger partial charge is 0.497 e. The van der Waals surface area contributed by atoms with Crippen LogP contribution in [0.15, 0.2) is 34.9 Å². The molecule has 1 aromatic heterocycles. The smallest absolute Gasteiger partial charge is 0.250 e. The highest BCUT2D eigenvalue weighted by Gasteiger charge is 2.05. The molecule has 1 heterocycles. The van der Waals surface area contributed by atoms with Crippen molar-refractivity contribution in [3.8, 4) is 23.1 Å². The Kier molecular flexibility index (Phi) is 2.10. The van der Waals surface area contributed by atoms with Crippen molar-refractivity contribution >= 4 is 0 Å². The first kappa shape index (κ1) is 8.62. The Bertz CT molecular complexity index is 436. The van der Waals surface area contributed by atoms with Crippen LogP contribution < -0.4 is 4.74 Å². The minimum Gasteiger partial charge on any atom is -0.497 e. The van der Waals surface area contributed by atoms with Gasteiger partial charge in [-0.3, -0.25) is 0 Å². The van der Waals surface area contributed by atoms with Crippen LogP contribution in [0.2, 0.25) is 0 Å². The molecule has 0 spiro atoms. The van der Waals surface area contributed by atoms with E-state index < -0.39 is 0 Å². The molecule has 0 atom stereocenters. The molecule has 0 aliphatic carbocycles. The van der Waals surface area contributed by atoms with E-state index in [2.05, 4.69) is 4.98 Å². The number of rotatable bonds is 2. The Labute approximate surface area is 80.8 Å². The van der Waals surface area contributed by atoms with Gasteiger partial charge in [-0.25, -0.2) is 0 Å². The van der Waals surface area contributed by atoms with Gasteiger partial charge in [0.25, 0.3) is 5.88 Å². The lowest BCUT2D eigenvalue weighted by atomic mass is 10.2. The van der Waals surface area contributed by atoms with Gasteiger partial charge in [-0.1, -0.05) is 6.07 Å². The summed E-state index contributed by atoms with van der Waals surface area (Å²) in [7, 11) is 1.59. The summed E-state index contributed by atoms with van der Waals surface area (Å²) in [6, 6.07) is 7.26. The normalized spacial score (nSPS) is 10.1. The number of oxazole rings is 1. The van der Waals surface area contributed by atoms with E-state index in [0.29, 0.717) is 5.89 Å². The molecule has 0 saturated carbocycles. The molecule has 1 N–H and O–H groups in total. The highest BCUT2D eigenvalue weighted by molar-refractivity contribution is 5.56. The van der Waals surface area contributed by atoms with Gasteiger partial charge in [-0.15, -0.1) is 0 Å². The number of aromatic hydroxyl groups is 1. The second-order valence-corrected chi connectivity index (χ2v) is 2.74. The van der Waals surface area contributed by atoms with Crippen molar-refractivity contribution in [2.45, 2.75) is 0 Å². The van der Waals surface area contributed by atoms with Crippen molar-refractivity contribution < 1.29 is 14.3 Å². The topological polar surface area (TPSA) is 55.5 Å². The molecule has 14 heavy (non-hydrogen) atoms. The molecule has 0 unspecified atom stereocenters. The van der Waals surface area contributed by atoms with Crippen LogP contribution in [-0.4, -0.2) is 17.2 Å². The molecule has 0 fully saturated rings. The quantitative estimate of drug-likeness (QED) is 0.789. The first-order chi connectivity index (χ1) is 6.79. The molecule has 4 heteroatoms. The fourth-order valence-electron chi connectivity index (χ4n) is 1.15. The Morgan fingerprint density at radius 2 is 2.29 bits per heavy atom. The minimum atomic E-state index is -0.122. The fourth-order valence-corrected chi connectivity index (χ4v) is 1.15. The third kappa shape index (κ3) is 1.54. The van der Waals surface area contributed by atoms with E-state index >= 15 is 0 Å². The summed E-state index contributed by atoms with van der Waals surface area (Å²) in [6.07, 6.45) is 1.19. The number of ether oxygens (including phenoxy) is 1. The molecule has 0 aliphatic rings. The highest BCUT2D eigenvalue weighted by atomic mass is 16.5. The molecule has 0 bridgehead atoms. The van der Waals surface area contributed by atoms with E-state index in [4.69, 9.17) is 14.3 Å². The second kappa shape index (κ2) is 3.41. The van der Waals surface area contributed by atoms with Gasteiger partial charge in [-0.05, 0) is 18.2 Å². The zero-order chi connectivity index (χ0) is 9.97.